The normalized spacial score (nSPS) is 10.1. The molecule has 92 valence electrons. The summed E-state index contributed by atoms with van der Waals surface area (Å²) >= 11 is 5.74. The summed E-state index contributed by atoms with van der Waals surface area (Å²) in [5, 5.41) is 2.89. The van der Waals surface area contributed by atoms with Crippen LogP contribution in [0, 0.1) is 6.92 Å². The fourth-order valence-electron chi connectivity index (χ4n) is 1.47. The summed E-state index contributed by atoms with van der Waals surface area (Å²) in [6.45, 7) is 1.89. The number of aryl methyl sites for hydroxylation is 1. The highest BCUT2D eigenvalue weighted by Crippen LogP contribution is 2.14. The molecule has 0 saturated heterocycles. The van der Waals surface area contributed by atoms with Crippen LogP contribution in [0.3, 0.4) is 0 Å². The first-order valence-corrected chi connectivity index (χ1v) is 5.58. The zero-order chi connectivity index (χ0) is 13.1. The maximum atomic E-state index is 11.9. The topological polar surface area (TPSA) is 80.9 Å². The number of nitrogens with zero attached hydrogens (tertiary/aromatic N) is 2. The Morgan fingerprint density at radius 3 is 2.78 bits per heavy atom. The zero-order valence-electron chi connectivity index (χ0n) is 9.64. The smallest absolute Gasteiger partial charge is 0.255 e. The molecule has 3 N–H and O–H groups in total. The quantitative estimate of drug-likeness (QED) is 0.814. The third-order valence-electron chi connectivity index (χ3n) is 2.21. The maximum absolute atomic E-state index is 11.9. The first-order valence-electron chi connectivity index (χ1n) is 5.20. The van der Waals surface area contributed by atoms with Gasteiger partial charge in [-0.25, -0.2) is 4.98 Å². The number of anilines is 2. The van der Waals surface area contributed by atoms with E-state index >= 15 is 0 Å². The fraction of sp³-hybridized carbons (Fsp3) is 0.0833. The minimum atomic E-state index is -0.307. The number of amides is 1. The number of carbonyl (C=O) groups excluding carboxylic acids is 1. The fourth-order valence-corrected chi connectivity index (χ4v) is 1.69. The Morgan fingerprint density at radius 1 is 1.33 bits per heavy atom. The van der Waals surface area contributed by atoms with Crippen LogP contribution in [0.4, 0.5) is 11.5 Å². The third-order valence-corrected chi connectivity index (χ3v) is 2.40. The Balaban J connectivity index is 2.22. The number of aromatic nitrogens is 2. The van der Waals surface area contributed by atoms with Gasteiger partial charge in [0.2, 0.25) is 0 Å². The summed E-state index contributed by atoms with van der Waals surface area (Å²) in [5.74, 6) is -0.103. The van der Waals surface area contributed by atoms with Crippen molar-refractivity contribution in [2.24, 2.45) is 0 Å². The molecule has 6 heteroatoms. The van der Waals surface area contributed by atoms with Crippen LogP contribution in [-0.2, 0) is 0 Å². The van der Waals surface area contributed by atoms with Crippen molar-refractivity contribution in [2.45, 2.75) is 6.92 Å². The van der Waals surface area contributed by atoms with E-state index in [2.05, 4.69) is 15.3 Å². The first-order chi connectivity index (χ1) is 8.54. The Labute approximate surface area is 109 Å². The summed E-state index contributed by atoms with van der Waals surface area (Å²) in [6, 6.07) is 4.73. The van der Waals surface area contributed by atoms with Crippen LogP contribution in [0.15, 0.2) is 30.6 Å². The molecule has 5 nitrogen and oxygen atoms in total. The lowest BCUT2D eigenvalue weighted by Crippen LogP contribution is -2.13. The van der Waals surface area contributed by atoms with Gasteiger partial charge in [0.25, 0.3) is 5.91 Å². The summed E-state index contributed by atoms with van der Waals surface area (Å²) in [7, 11) is 0. The highest BCUT2D eigenvalue weighted by Gasteiger charge is 2.09. The van der Waals surface area contributed by atoms with Gasteiger partial charge in [-0.1, -0.05) is 11.6 Å². The number of halogens is 1. The molecule has 0 aliphatic carbocycles. The molecule has 0 saturated carbocycles. The van der Waals surface area contributed by atoms with Gasteiger partial charge in [0, 0.05) is 11.8 Å². The van der Waals surface area contributed by atoms with Crippen molar-refractivity contribution >= 4 is 29.0 Å². The second-order valence-corrected chi connectivity index (χ2v) is 4.20. The average Bonchev–Trinajstić information content (AvgIpc) is 2.27. The summed E-state index contributed by atoms with van der Waals surface area (Å²) in [6.07, 6.45) is 3.27. The molecule has 0 fully saturated rings. The van der Waals surface area contributed by atoms with Crippen LogP contribution in [-0.4, -0.2) is 15.9 Å². The van der Waals surface area contributed by atoms with Crippen molar-refractivity contribution in [1.82, 2.24) is 9.97 Å². The molecule has 0 atom stereocenters. The highest BCUT2D eigenvalue weighted by molar-refractivity contribution is 6.30. The van der Waals surface area contributed by atoms with Crippen molar-refractivity contribution < 1.29 is 4.79 Å². The lowest BCUT2D eigenvalue weighted by atomic mass is 10.2. The largest absolute Gasteiger partial charge is 0.384 e. The Bertz CT molecular complexity index is 580. The number of rotatable bonds is 2. The van der Waals surface area contributed by atoms with Gasteiger partial charge in [0.1, 0.15) is 11.0 Å². The first kappa shape index (κ1) is 12.3. The number of hydrogen-bond acceptors (Lipinski definition) is 4. The van der Waals surface area contributed by atoms with Crippen LogP contribution in [0.5, 0.6) is 0 Å². The Morgan fingerprint density at radius 2 is 2.11 bits per heavy atom. The molecule has 2 aromatic heterocycles. The van der Waals surface area contributed by atoms with E-state index in [-0.39, 0.29) is 16.9 Å². The number of nitrogens with one attached hydrogen (secondary N) is 1. The van der Waals surface area contributed by atoms with Crippen LogP contribution >= 0.6 is 11.6 Å². The van der Waals surface area contributed by atoms with E-state index in [1.54, 1.807) is 12.4 Å². The lowest BCUT2D eigenvalue weighted by molar-refractivity contribution is 0.102. The van der Waals surface area contributed by atoms with Crippen molar-refractivity contribution in [2.75, 3.05) is 11.1 Å². The number of nitrogens with two attached hydrogens (primary N) is 1. The lowest BCUT2D eigenvalue weighted by Gasteiger charge is -2.06. The van der Waals surface area contributed by atoms with E-state index in [1.165, 1.54) is 12.1 Å². The summed E-state index contributed by atoms with van der Waals surface area (Å²) in [4.78, 5) is 19.7. The standard InChI is InChI=1S/C12H11ClN4O/c1-7-2-9(6-15-5-7)16-12(18)8-3-10(13)17-11(14)4-8/h2-6H,1H3,(H2,14,17)(H,16,18). The second kappa shape index (κ2) is 5.01. The van der Waals surface area contributed by atoms with Crippen molar-refractivity contribution in [3.05, 3.63) is 46.9 Å². The van der Waals surface area contributed by atoms with Gasteiger partial charge in [-0.2, -0.15) is 0 Å². The Hall–Kier alpha value is -2.14. The number of carbonyl (C=O) groups is 1. The number of hydrogen-bond donors (Lipinski definition) is 2. The predicted octanol–water partition coefficient (Wildman–Crippen LogP) is 2.27. The average molecular weight is 263 g/mol. The molecule has 0 radical (unpaired) electrons. The maximum Gasteiger partial charge on any atom is 0.255 e. The molecule has 0 aliphatic heterocycles. The van der Waals surface area contributed by atoms with Gasteiger partial charge in [-0.15, -0.1) is 0 Å². The monoisotopic (exact) mass is 262 g/mol. The number of nitrogen functional groups attached to an aromatic ring is 1. The van der Waals surface area contributed by atoms with E-state index in [4.69, 9.17) is 17.3 Å². The van der Waals surface area contributed by atoms with Gasteiger partial charge in [-0.3, -0.25) is 9.78 Å². The van der Waals surface area contributed by atoms with E-state index in [1.807, 2.05) is 13.0 Å². The van der Waals surface area contributed by atoms with Crippen molar-refractivity contribution in [1.29, 1.82) is 0 Å². The van der Waals surface area contributed by atoms with Crippen LogP contribution < -0.4 is 11.1 Å². The van der Waals surface area contributed by atoms with E-state index < -0.39 is 0 Å². The molecule has 1 amide bonds. The molecular weight excluding hydrogens is 252 g/mol. The number of pyridine rings is 2. The highest BCUT2D eigenvalue weighted by atomic mass is 35.5. The molecular formula is C12H11ClN4O. The van der Waals surface area contributed by atoms with Crippen molar-refractivity contribution in [3.63, 3.8) is 0 Å². The van der Waals surface area contributed by atoms with Gasteiger partial charge in [0.15, 0.2) is 0 Å². The molecule has 0 spiro atoms. The van der Waals surface area contributed by atoms with Gasteiger partial charge in [-0.05, 0) is 30.7 Å². The Kier molecular flexibility index (Phi) is 3.43. The predicted molar refractivity (Wildman–Crippen MR) is 70.6 cm³/mol. The molecule has 0 unspecified atom stereocenters. The van der Waals surface area contributed by atoms with Crippen LogP contribution in [0.25, 0.3) is 0 Å². The van der Waals surface area contributed by atoms with Gasteiger partial charge in [0.05, 0.1) is 11.9 Å². The van der Waals surface area contributed by atoms with E-state index in [0.717, 1.165) is 5.56 Å². The van der Waals surface area contributed by atoms with Gasteiger partial charge >= 0.3 is 0 Å². The van der Waals surface area contributed by atoms with E-state index in [0.29, 0.717) is 11.3 Å². The minimum Gasteiger partial charge on any atom is -0.384 e. The van der Waals surface area contributed by atoms with Crippen LogP contribution in [0.2, 0.25) is 5.15 Å². The van der Waals surface area contributed by atoms with E-state index in [9.17, 15) is 4.79 Å². The summed E-state index contributed by atoms with van der Waals surface area (Å²) < 4.78 is 0. The third kappa shape index (κ3) is 2.95. The minimum absolute atomic E-state index is 0.183. The molecule has 18 heavy (non-hydrogen) atoms. The molecule has 2 aromatic rings. The molecule has 0 aliphatic rings. The molecule has 2 rings (SSSR count). The van der Waals surface area contributed by atoms with Crippen molar-refractivity contribution in [3.8, 4) is 0 Å². The summed E-state index contributed by atoms with van der Waals surface area (Å²) in [5.41, 5.74) is 7.46. The SMILES string of the molecule is Cc1cncc(NC(=O)c2cc(N)nc(Cl)c2)c1. The van der Waals surface area contributed by atoms with Gasteiger partial charge < -0.3 is 11.1 Å². The molecule has 2 heterocycles. The molecule has 0 bridgehead atoms. The van der Waals surface area contributed by atoms with Crippen LogP contribution in [0.1, 0.15) is 15.9 Å². The molecule has 0 aromatic carbocycles. The zero-order valence-corrected chi connectivity index (χ0v) is 10.4. The second-order valence-electron chi connectivity index (χ2n) is 3.81.